The van der Waals surface area contributed by atoms with Crippen LogP contribution in [-0.4, -0.2) is 15.6 Å². The van der Waals surface area contributed by atoms with Gasteiger partial charge in [0, 0.05) is 12.2 Å². The molecule has 0 aliphatic heterocycles. The molecule has 72 valence electrons. The molecule has 3 N–H and O–H groups in total. The highest BCUT2D eigenvalue weighted by atomic mass is 15.3. The first-order chi connectivity index (χ1) is 6.06. The van der Waals surface area contributed by atoms with E-state index in [0.717, 1.165) is 17.7 Å². The number of nitrogens with two attached hydrogens (primary N) is 1. The number of nitrogens with one attached hydrogen (secondary N) is 1. The molecule has 0 fully saturated rings. The van der Waals surface area contributed by atoms with Gasteiger partial charge in [-0.05, 0) is 20.3 Å². The van der Waals surface area contributed by atoms with Crippen LogP contribution in [0.1, 0.15) is 37.6 Å². The molecular weight excluding hydrogens is 164 g/mol. The third-order valence-corrected chi connectivity index (χ3v) is 2.25. The van der Waals surface area contributed by atoms with Crippen molar-refractivity contribution in [2.45, 2.75) is 33.2 Å². The first-order valence-corrected chi connectivity index (χ1v) is 4.46. The highest BCUT2D eigenvalue weighted by molar-refractivity contribution is 5.95. The molecule has 1 aromatic rings. The highest BCUT2D eigenvalue weighted by Crippen LogP contribution is 2.12. The Morgan fingerprint density at radius 3 is 2.77 bits per heavy atom. The molecule has 1 aromatic heterocycles. The van der Waals surface area contributed by atoms with Gasteiger partial charge in [0.1, 0.15) is 5.84 Å². The predicted molar refractivity (Wildman–Crippen MR) is 53.0 cm³/mol. The van der Waals surface area contributed by atoms with Crippen molar-refractivity contribution < 1.29 is 0 Å². The van der Waals surface area contributed by atoms with Gasteiger partial charge in [-0.25, -0.2) is 0 Å². The molecule has 0 aromatic carbocycles. The Morgan fingerprint density at radius 1 is 1.77 bits per heavy atom. The fourth-order valence-electron chi connectivity index (χ4n) is 1.16. The summed E-state index contributed by atoms with van der Waals surface area (Å²) in [5.41, 5.74) is 6.96. The number of hydrogen-bond donors (Lipinski definition) is 2. The van der Waals surface area contributed by atoms with Crippen LogP contribution in [0.4, 0.5) is 0 Å². The first-order valence-electron chi connectivity index (χ1n) is 4.46. The smallest absolute Gasteiger partial charge is 0.126 e. The molecule has 0 saturated carbocycles. The molecule has 0 bridgehead atoms. The number of amidine groups is 1. The zero-order valence-electron chi connectivity index (χ0n) is 8.33. The quantitative estimate of drug-likeness (QED) is 0.546. The zero-order valence-corrected chi connectivity index (χ0v) is 8.33. The monoisotopic (exact) mass is 180 g/mol. The molecule has 0 aliphatic rings. The van der Waals surface area contributed by atoms with Crippen molar-refractivity contribution >= 4 is 5.84 Å². The van der Waals surface area contributed by atoms with E-state index < -0.39 is 0 Å². The highest BCUT2D eigenvalue weighted by Gasteiger charge is 2.09. The normalized spacial score (nSPS) is 12.8. The standard InChI is InChI=1S/C9H16N4/c1-4-6(2)13-5-8(9(10)11)7(3)12-13/h5-6H,4H2,1-3H3,(H3,10,11). The molecular formula is C9H16N4. The van der Waals surface area contributed by atoms with Crippen LogP contribution in [0, 0.1) is 12.3 Å². The van der Waals surface area contributed by atoms with Crippen molar-refractivity contribution in [2.75, 3.05) is 0 Å². The molecule has 0 amide bonds. The van der Waals surface area contributed by atoms with Crippen LogP contribution in [0.25, 0.3) is 0 Å². The Bertz CT molecular complexity index is 313. The van der Waals surface area contributed by atoms with Gasteiger partial charge in [-0.3, -0.25) is 10.1 Å². The lowest BCUT2D eigenvalue weighted by Crippen LogP contribution is -2.11. The Labute approximate surface area is 78.3 Å². The van der Waals surface area contributed by atoms with Crippen molar-refractivity contribution in [3.8, 4) is 0 Å². The second kappa shape index (κ2) is 3.60. The fourth-order valence-corrected chi connectivity index (χ4v) is 1.16. The van der Waals surface area contributed by atoms with Gasteiger partial charge in [0.25, 0.3) is 0 Å². The third-order valence-electron chi connectivity index (χ3n) is 2.25. The van der Waals surface area contributed by atoms with Gasteiger partial charge in [-0.15, -0.1) is 0 Å². The maximum Gasteiger partial charge on any atom is 0.126 e. The van der Waals surface area contributed by atoms with Crippen LogP contribution in [0.2, 0.25) is 0 Å². The van der Waals surface area contributed by atoms with Crippen LogP contribution < -0.4 is 5.73 Å². The average molecular weight is 180 g/mol. The van der Waals surface area contributed by atoms with Gasteiger partial charge in [0.2, 0.25) is 0 Å². The number of aryl methyl sites for hydroxylation is 1. The summed E-state index contributed by atoms with van der Waals surface area (Å²) in [6.07, 6.45) is 2.87. The van der Waals surface area contributed by atoms with Crippen molar-refractivity contribution in [2.24, 2.45) is 5.73 Å². The van der Waals surface area contributed by atoms with Crippen LogP contribution >= 0.6 is 0 Å². The van der Waals surface area contributed by atoms with E-state index >= 15 is 0 Å². The van der Waals surface area contributed by atoms with Gasteiger partial charge < -0.3 is 5.73 Å². The van der Waals surface area contributed by atoms with Crippen LogP contribution in [0.15, 0.2) is 6.20 Å². The summed E-state index contributed by atoms with van der Waals surface area (Å²) in [5, 5.41) is 11.6. The van der Waals surface area contributed by atoms with E-state index in [0.29, 0.717) is 6.04 Å². The summed E-state index contributed by atoms with van der Waals surface area (Å²) >= 11 is 0. The molecule has 1 rings (SSSR count). The maximum absolute atomic E-state index is 7.31. The average Bonchev–Trinajstić information content (AvgIpc) is 2.46. The largest absolute Gasteiger partial charge is 0.384 e. The van der Waals surface area contributed by atoms with E-state index in [4.69, 9.17) is 11.1 Å². The molecule has 0 aliphatic carbocycles. The topological polar surface area (TPSA) is 67.7 Å². The second-order valence-electron chi connectivity index (χ2n) is 3.28. The number of nitrogen functional groups attached to an aromatic ring is 1. The van der Waals surface area contributed by atoms with Crippen LogP contribution in [0.5, 0.6) is 0 Å². The van der Waals surface area contributed by atoms with E-state index in [9.17, 15) is 0 Å². The van der Waals surface area contributed by atoms with E-state index in [1.54, 1.807) is 0 Å². The molecule has 13 heavy (non-hydrogen) atoms. The Balaban J connectivity index is 3.01. The maximum atomic E-state index is 7.31. The third kappa shape index (κ3) is 1.88. The summed E-state index contributed by atoms with van der Waals surface area (Å²) in [5.74, 6) is 0.0899. The SMILES string of the molecule is CCC(C)n1cc(C(=N)N)c(C)n1. The number of rotatable bonds is 3. The molecule has 0 saturated heterocycles. The van der Waals surface area contributed by atoms with E-state index in [-0.39, 0.29) is 5.84 Å². The van der Waals surface area contributed by atoms with E-state index in [2.05, 4.69) is 18.9 Å². The summed E-state index contributed by atoms with van der Waals surface area (Å²) in [6.45, 7) is 6.07. The predicted octanol–water partition coefficient (Wildman–Crippen LogP) is 1.45. The Kier molecular flexibility index (Phi) is 2.70. The van der Waals surface area contributed by atoms with Crippen molar-refractivity contribution in [1.82, 2.24) is 9.78 Å². The fraction of sp³-hybridized carbons (Fsp3) is 0.556. The molecule has 4 heteroatoms. The number of aromatic nitrogens is 2. The van der Waals surface area contributed by atoms with Crippen molar-refractivity contribution in [1.29, 1.82) is 5.41 Å². The summed E-state index contributed by atoms with van der Waals surface area (Å²) < 4.78 is 1.87. The minimum atomic E-state index is 0.0899. The molecule has 1 unspecified atom stereocenters. The van der Waals surface area contributed by atoms with Gasteiger partial charge >= 0.3 is 0 Å². The second-order valence-corrected chi connectivity index (χ2v) is 3.28. The van der Waals surface area contributed by atoms with Crippen molar-refractivity contribution in [3.05, 3.63) is 17.5 Å². The summed E-state index contributed by atoms with van der Waals surface area (Å²) in [4.78, 5) is 0. The molecule has 1 heterocycles. The molecule has 0 radical (unpaired) electrons. The van der Waals surface area contributed by atoms with Gasteiger partial charge in [-0.2, -0.15) is 5.10 Å². The minimum Gasteiger partial charge on any atom is -0.384 e. The lowest BCUT2D eigenvalue weighted by molar-refractivity contribution is 0.475. The van der Waals surface area contributed by atoms with Crippen molar-refractivity contribution in [3.63, 3.8) is 0 Å². The van der Waals surface area contributed by atoms with Gasteiger partial charge in [0.15, 0.2) is 0 Å². The van der Waals surface area contributed by atoms with E-state index in [1.165, 1.54) is 0 Å². The summed E-state index contributed by atoms with van der Waals surface area (Å²) in [7, 11) is 0. The zero-order chi connectivity index (χ0) is 10.0. The van der Waals surface area contributed by atoms with Gasteiger partial charge in [-0.1, -0.05) is 6.92 Å². The van der Waals surface area contributed by atoms with E-state index in [1.807, 2.05) is 17.8 Å². The number of hydrogen-bond acceptors (Lipinski definition) is 2. The number of nitrogens with zero attached hydrogens (tertiary/aromatic N) is 2. The summed E-state index contributed by atoms with van der Waals surface area (Å²) in [6, 6.07) is 0.367. The Hall–Kier alpha value is -1.32. The van der Waals surface area contributed by atoms with Crippen LogP contribution in [0.3, 0.4) is 0 Å². The van der Waals surface area contributed by atoms with Crippen LogP contribution in [-0.2, 0) is 0 Å². The first kappa shape index (κ1) is 9.77. The Morgan fingerprint density at radius 2 is 2.38 bits per heavy atom. The molecule has 1 atom stereocenters. The van der Waals surface area contributed by atoms with Gasteiger partial charge in [0.05, 0.1) is 11.3 Å². The molecule has 0 spiro atoms. The lowest BCUT2D eigenvalue weighted by Gasteiger charge is -2.07. The minimum absolute atomic E-state index is 0.0899. The lowest BCUT2D eigenvalue weighted by atomic mass is 10.2. The molecule has 4 nitrogen and oxygen atoms in total.